The lowest BCUT2D eigenvalue weighted by Gasteiger charge is -1.95. The molecule has 2 rings (SSSR count). The predicted octanol–water partition coefficient (Wildman–Crippen LogP) is 4.77. The van der Waals surface area contributed by atoms with Gasteiger partial charge in [0.05, 0.1) is 0 Å². The average molecular weight is 235 g/mol. The molecule has 1 aromatic carbocycles. The third-order valence-electron chi connectivity index (χ3n) is 2.69. The van der Waals surface area contributed by atoms with E-state index in [-0.39, 0.29) is 0 Å². The molecule has 2 aromatic rings. The summed E-state index contributed by atoms with van der Waals surface area (Å²) in [4.78, 5) is 0. The van der Waals surface area contributed by atoms with Gasteiger partial charge in [0.1, 0.15) is 11.3 Å². The van der Waals surface area contributed by atoms with Gasteiger partial charge >= 0.3 is 0 Å². The number of alkyl halides is 1. The molecule has 2 heteroatoms. The second kappa shape index (κ2) is 4.75. The van der Waals surface area contributed by atoms with Crippen LogP contribution >= 0.6 is 11.6 Å². The van der Waals surface area contributed by atoms with Gasteiger partial charge in [-0.15, -0.1) is 11.6 Å². The van der Waals surface area contributed by atoms with Crippen LogP contribution in [0.4, 0.5) is 0 Å². The Balaban J connectivity index is 2.43. The summed E-state index contributed by atoms with van der Waals surface area (Å²) in [6, 6.07) is 8.27. The first-order valence-electron chi connectivity index (χ1n) is 5.44. The zero-order chi connectivity index (χ0) is 11.5. The molecular weight excluding hydrogens is 220 g/mol. The number of allylic oxidation sites excluding steroid dienone is 2. The van der Waals surface area contributed by atoms with E-state index in [0.29, 0.717) is 5.88 Å². The molecule has 0 aliphatic rings. The largest absolute Gasteiger partial charge is 0.456 e. The predicted molar refractivity (Wildman–Crippen MR) is 69.9 cm³/mol. The van der Waals surface area contributed by atoms with E-state index in [1.165, 1.54) is 5.56 Å². The summed E-state index contributed by atoms with van der Waals surface area (Å²) in [5, 5.41) is 1.16. The van der Waals surface area contributed by atoms with Gasteiger partial charge in [-0.1, -0.05) is 24.3 Å². The fraction of sp³-hybridized carbons (Fsp3) is 0.286. The van der Waals surface area contributed by atoms with Gasteiger partial charge in [0, 0.05) is 11.3 Å². The summed E-state index contributed by atoms with van der Waals surface area (Å²) in [6.45, 7) is 4.12. The van der Waals surface area contributed by atoms with Crippen LogP contribution in [-0.2, 0) is 0 Å². The van der Waals surface area contributed by atoms with Crippen LogP contribution in [0.25, 0.3) is 16.5 Å². The minimum atomic E-state index is 0.649. The number of para-hydroxylation sites is 1. The summed E-state index contributed by atoms with van der Waals surface area (Å²) in [7, 11) is 0. The van der Waals surface area contributed by atoms with Crippen molar-refractivity contribution in [3.05, 3.63) is 41.7 Å². The van der Waals surface area contributed by atoms with Crippen molar-refractivity contribution in [2.24, 2.45) is 0 Å². The number of hydrogen-bond donors (Lipinski definition) is 0. The Kier molecular flexibility index (Phi) is 3.35. The van der Waals surface area contributed by atoms with Crippen molar-refractivity contribution < 1.29 is 4.42 Å². The molecule has 0 bridgehead atoms. The van der Waals surface area contributed by atoms with E-state index >= 15 is 0 Å². The first-order valence-corrected chi connectivity index (χ1v) is 5.98. The van der Waals surface area contributed by atoms with Gasteiger partial charge in [-0.2, -0.15) is 0 Å². The maximum absolute atomic E-state index is 5.85. The number of fused-ring (bicyclic) bond motifs is 1. The Morgan fingerprint density at radius 2 is 2.25 bits per heavy atom. The first-order chi connectivity index (χ1) is 7.72. The summed E-state index contributed by atoms with van der Waals surface area (Å²) in [5.41, 5.74) is 3.31. The molecule has 1 heterocycles. The van der Waals surface area contributed by atoms with Gasteiger partial charge < -0.3 is 4.42 Å². The van der Waals surface area contributed by atoms with E-state index in [1.54, 1.807) is 0 Å². The molecule has 0 atom stereocenters. The van der Waals surface area contributed by atoms with E-state index in [0.717, 1.165) is 28.7 Å². The van der Waals surface area contributed by atoms with E-state index in [2.05, 4.69) is 44.2 Å². The molecule has 0 amide bonds. The van der Waals surface area contributed by atoms with Crippen LogP contribution in [0.15, 0.2) is 34.8 Å². The van der Waals surface area contributed by atoms with Crippen LogP contribution in [0.5, 0.6) is 0 Å². The third kappa shape index (κ3) is 2.14. The van der Waals surface area contributed by atoms with Crippen LogP contribution < -0.4 is 0 Å². The molecule has 16 heavy (non-hydrogen) atoms. The number of aryl methyl sites for hydroxylation is 1. The first kappa shape index (κ1) is 11.3. The molecule has 1 aromatic heterocycles. The molecule has 0 aliphatic heterocycles. The minimum Gasteiger partial charge on any atom is -0.456 e. The van der Waals surface area contributed by atoms with Crippen LogP contribution in [-0.4, -0.2) is 5.88 Å². The van der Waals surface area contributed by atoms with E-state index in [4.69, 9.17) is 16.0 Å². The Labute approximate surface area is 101 Å². The lowest BCUT2D eigenvalue weighted by molar-refractivity contribution is 0.596. The highest BCUT2D eigenvalue weighted by atomic mass is 35.5. The average Bonchev–Trinajstić information content (AvgIpc) is 2.71. The number of halogens is 1. The highest BCUT2D eigenvalue weighted by Gasteiger charge is 2.06. The second-order valence-corrected chi connectivity index (χ2v) is 4.35. The molecule has 0 saturated heterocycles. The lowest BCUT2D eigenvalue weighted by atomic mass is 10.1. The molecule has 1 nitrogen and oxygen atoms in total. The topological polar surface area (TPSA) is 13.1 Å². The van der Waals surface area contributed by atoms with Crippen molar-refractivity contribution >= 4 is 28.1 Å². The standard InChI is InChI=1S/C14H15ClO/c1-10(6-4-8-15)13-9-12-7-3-5-11(2)14(12)16-13/h3,5-7,9H,4,8H2,1-2H3/b10-6-. The summed E-state index contributed by atoms with van der Waals surface area (Å²) < 4.78 is 5.85. The van der Waals surface area contributed by atoms with Gasteiger partial charge in [0.2, 0.25) is 0 Å². The number of hydrogen-bond acceptors (Lipinski definition) is 1. The molecule has 0 aliphatic carbocycles. The molecule has 0 fully saturated rings. The monoisotopic (exact) mass is 234 g/mol. The SMILES string of the molecule is C/C(=C/CCCl)c1cc2cccc(C)c2o1. The smallest absolute Gasteiger partial charge is 0.137 e. The Hall–Kier alpha value is -1.21. The number of furan rings is 1. The molecule has 0 saturated carbocycles. The third-order valence-corrected chi connectivity index (χ3v) is 2.91. The normalized spacial score (nSPS) is 12.3. The highest BCUT2D eigenvalue weighted by molar-refractivity contribution is 6.17. The van der Waals surface area contributed by atoms with Gasteiger partial charge in [-0.3, -0.25) is 0 Å². The van der Waals surface area contributed by atoms with Gasteiger partial charge in [-0.05, 0) is 37.5 Å². The highest BCUT2D eigenvalue weighted by Crippen LogP contribution is 2.26. The van der Waals surface area contributed by atoms with E-state index < -0.39 is 0 Å². The molecule has 84 valence electrons. The summed E-state index contributed by atoms with van der Waals surface area (Å²) in [5.74, 6) is 1.59. The molecular formula is C14H15ClO. The number of rotatable bonds is 3. The maximum atomic E-state index is 5.85. The van der Waals surface area contributed by atoms with E-state index in [1.807, 2.05) is 0 Å². The lowest BCUT2D eigenvalue weighted by Crippen LogP contribution is -1.75. The summed E-state index contributed by atoms with van der Waals surface area (Å²) >= 11 is 5.66. The van der Waals surface area contributed by atoms with Crippen LogP contribution in [0.2, 0.25) is 0 Å². The van der Waals surface area contributed by atoms with Crippen molar-refractivity contribution in [3.63, 3.8) is 0 Å². The Morgan fingerprint density at radius 3 is 2.94 bits per heavy atom. The Bertz CT molecular complexity index is 523. The van der Waals surface area contributed by atoms with Crippen molar-refractivity contribution in [1.29, 1.82) is 0 Å². The van der Waals surface area contributed by atoms with Crippen molar-refractivity contribution in [3.8, 4) is 0 Å². The van der Waals surface area contributed by atoms with Crippen LogP contribution in [0.3, 0.4) is 0 Å². The second-order valence-electron chi connectivity index (χ2n) is 3.97. The van der Waals surface area contributed by atoms with Crippen molar-refractivity contribution in [2.75, 3.05) is 5.88 Å². The fourth-order valence-electron chi connectivity index (χ4n) is 1.77. The zero-order valence-electron chi connectivity index (χ0n) is 9.59. The Morgan fingerprint density at radius 1 is 1.44 bits per heavy atom. The number of benzene rings is 1. The van der Waals surface area contributed by atoms with Gasteiger partial charge in [0.15, 0.2) is 0 Å². The molecule has 0 N–H and O–H groups in total. The van der Waals surface area contributed by atoms with Gasteiger partial charge in [-0.25, -0.2) is 0 Å². The van der Waals surface area contributed by atoms with Gasteiger partial charge in [0.25, 0.3) is 0 Å². The molecule has 0 radical (unpaired) electrons. The van der Waals surface area contributed by atoms with Crippen molar-refractivity contribution in [2.45, 2.75) is 20.3 Å². The zero-order valence-corrected chi connectivity index (χ0v) is 10.3. The van der Waals surface area contributed by atoms with Crippen LogP contribution in [0, 0.1) is 6.92 Å². The quantitative estimate of drug-likeness (QED) is 0.697. The molecule has 0 unspecified atom stereocenters. The van der Waals surface area contributed by atoms with Crippen molar-refractivity contribution in [1.82, 2.24) is 0 Å². The fourth-order valence-corrected chi connectivity index (χ4v) is 1.88. The minimum absolute atomic E-state index is 0.649. The summed E-state index contributed by atoms with van der Waals surface area (Å²) in [6.07, 6.45) is 2.99. The van der Waals surface area contributed by atoms with E-state index in [9.17, 15) is 0 Å². The molecule has 0 spiro atoms. The van der Waals surface area contributed by atoms with Crippen LogP contribution in [0.1, 0.15) is 24.7 Å². The maximum Gasteiger partial charge on any atom is 0.137 e.